The minimum Gasteiger partial charge on any atom is -0.392 e. The van der Waals surface area contributed by atoms with Crippen molar-refractivity contribution in [2.45, 2.75) is 63.5 Å². The Kier molecular flexibility index (Phi) is 5.01. The normalized spacial score (nSPS) is 29.5. The number of thiophene rings is 1. The molecular formula is C20H32N2OS. The van der Waals surface area contributed by atoms with Crippen molar-refractivity contribution in [2.75, 3.05) is 33.2 Å². The number of likely N-dealkylation sites (N-methyl/N-ethyl adjacent to an activating group) is 1. The van der Waals surface area contributed by atoms with E-state index < -0.39 is 0 Å². The first kappa shape index (κ1) is 17.0. The van der Waals surface area contributed by atoms with E-state index in [1.165, 1.54) is 58.2 Å². The number of nitrogens with zero attached hydrogens (tertiary/aromatic N) is 2. The fourth-order valence-corrected chi connectivity index (χ4v) is 6.53. The molecule has 4 rings (SSSR count). The van der Waals surface area contributed by atoms with Gasteiger partial charge in [0.1, 0.15) is 0 Å². The van der Waals surface area contributed by atoms with Crippen molar-refractivity contribution in [1.82, 2.24) is 9.80 Å². The Morgan fingerprint density at radius 3 is 2.67 bits per heavy atom. The Balaban J connectivity index is 1.31. The molecule has 0 radical (unpaired) electrons. The number of β-amino-alcohol motifs (C(OH)–C–C–N with tert-alkyl or cyclic N) is 1. The number of piperidine rings is 2. The zero-order valence-corrected chi connectivity index (χ0v) is 15.9. The van der Waals surface area contributed by atoms with E-state index in [2.05, 4.69) is 40.3 Å². The highest BCUT2D eigenvalue weighted by Crippen LogP contribution is 2.41. The quantitative estimate of drug-likeness (QED) is 0.902. The highest BCUT2D eigenvalue weighted by Gasteiger charge is 2.40. The number of aliphatic hydroxyl groups excluding tert-OH is 1. The molecule has 1 aromatic rings. The Hall–Kier alpha value is -0.420. The molecule has 1 N–H and O–H groups in total. The number of rotatable bonds is 3. The summed E-state index contributed by atoms with van der Waals surface area (Å²) in [5.41, 5.74) is 0.368. The first-order chi connectivity index (χ1) is 11.6. The second-order valence-electron chi connectivity index (χ2n) is 8.62. The molecule has 0 aromatic carbocycles. The molecule has 3 fully saturated rings. The maximum absolute atomic E-state index is 10.2. The van der Waals surface area contributed by atoms with Gasteiger partial charge in [0.15, 0.2) is 0 Å². The Morgan fingerprint density at radius 2 is 1.96 bits per heavy atom. The molecule has 1 atom stereocenters. The molecular weight excluding hydrogens is 316 g/mol. The van der Waals surface area contributed by atoms with Gasteiger partial charge in [0, 0.05) is 29.4 Å². The van der Waals surface area contributed by atoms with Gasteiger partial charge in [-0.15, -0.1) is 11.3 Å². The minimum atomic E-state index is -0.124. The van der Waals surface area contributed by atoms with Crippen LogP contribution in [0.5, 0.6) is 0 Å². The standard InChI is InChI=1S/C20H32N2OS/c1-21-13-17(23)12-20(15-21)8-10-22(11-9-20)14-18-6-7-19(24-18)16-4-2-3-5-16/h6-7,16-17,23H,2-5,8-15H2,1H3. The van der Waals surface area contributed by atoms with Crippen molar-refractivity contribution in [3.63, 3.8) is 0 Å². The van der Waals surface area contributed by atoms with E-state index in [1.807, 2.05) is 0 Å². The molecule has 1 aliphatic carbocycles. The van der Waals surface area contributed by atoms with Crippen LogP contribution in [0.3, 0.4) is 0 Å². The summed E-state index contributed by atoms with van der Waals surface area (Å²) in [4.78, 5) is 8.15. The molecule has 2 aliphatic heterocycles. The van der Waals surface area contributed by atoms with Crippen molar-refractivity contribution >= 4 is 11.3 Å². The molecule has 4 heteroatoms. The van der Waals surface area contributed by atoms with Gasteiger partial charge in [0.2, 0.25) is 0 Å². The van der Waals surface area contributed by atoms with Crippen molar-refractivity contribution in [1.29, 1.82) is 0 Å². The first-order valence-electron chi connectivity index (χ1n) is 9.79. The lowest BCUT2D eigenvalue weighted by Crippen LogP contribution is -2.52. The number of aliphatic hydroxyl groups is 1. The van der Waals surface area contributed by atoms with E-state index in [-0.39, 0.29) is 6.10 Å². The van der Waals surface area contributed by atoms with Crippen LogP contribution in [-0.2, 0) is 6.54 Å². The van der Waals surface area contributed by atoms with Crippen molar-refractivity contribution in [2.24, 2.45) is 5.41 Å². The van der Waals surface area contributed by atoms with Crippen molar-refractivity contribution < 1.29 is 5.11 Å². The summed E-state index contributed by atoms with van der Waals surface area (Å²) in [5, 5.41) is 10.2. The topological polar surface area (TPSA) is 26.7 Å². The fourth-order valence-electron chi connectivity index (χ4n) is 5.30. The average Bonchev–Trinajstić information content (AvgIpc) is 3.20. The third kappa shape index (κ3) is 3.72. The maximum atomic E-state index is 10.2. The highest BCUT2D eigenvalue weighted by molar-refractivity contribution is 7.12. The molecule has 0 amide bonds. The van der Waals surface area contributed by atoms with Crippen LogP contribution in [0, 0.1) is 5.41 Å². The zero-order valence-electron chi connectivity index (χ0n) is 15.0. The minimum absolute atomic E-state index is 0.124. The SMILES string of the molecule is CN1CC(O)CC2(CCN(Cc3ccc(C4CCCC4)s3)CC2)C1. The highest BCUT2D eigenvalue weighted by atomic mass is 32.1. The first-order valence-corrected chi connectivity index (χ1v) is 10.6. The molecule has 1 unspecified atom stereocenters. The lowest BCUT2D eigenvalue weighted by atomic mass is 9.72. The third-order valence-corrected chi connectivity index (χ3v) is 7.77. The molecule has 3 nitrogen and oxygen atoms in total. The Labute approximate surface area is 150 Å². The summed E-state index contributed by atoms with van der Waals surface area (Å²) in [7, 11) is 2.16. The number of likely N-dealkylation sites (tertiary alicyclic amines) is 2. The van der Waals surface area contributed by atoms with Gasteiger partial charge in [-0.3, -0.25) is 4.90 Å². The number of hydrogen-bond acceptors (Lipinski definition) is 4. The molecule has 3 heterocycles. The second kappa shape index (κ2) is 7.06. The summed E-state index contributed by atoms with van der Waals surface area (Å²) < 4.78 is 0. The summed E-state index contributed by atoms with van der Waals surface area (Å²) in [6.07, 6.45) is 9.03. The molecule has 134 valence electrons. The van der Waals surface area contributed by atoms with Crippen LogP contribution in [-0.4, -0.2) is 54.2 Å². The van der Waals surface area contributed by atoms with Gasteiger partial charge >= 0.3 is 0 Å². The van der Waals surface area contributed by atoms with E-state index in [0.29, 0.717) is 5.41 Å². The zero-order chi connectivity index (χ0) is 16.6. The molecule has 0 bridgehead atoms. The molecule has 2 saturated heterocycles. The van der Waals surface area contributed by atoms with Crippen LogP contribution in [0.15, 0.2) is 12.1 Å². The van der Waals surface area contributed by atoms with Gasteiger partial charge in [0.25, 0.3) is 0 Å². The van der Waals surface area contributed by atoms with E-state index in [1.54, 1.807) is 9.75 Å². The summed E-state index contributed by atoms with van der Waals surface area (Å²) >= 11 is 2.06. The van der Waals surface area contributed by atoms with E-state index in [4.69, 9.17) is 0 Å². The van der Waals surface area contributed by atoms with Crippen LogP contribution >= 0.6 is 11.3 Å². The van der Waals surface area contributed by atoms with Gasteiger partial charge in [-0.25, -0.2) is 0 Å². The second-order valence-corrected chi connectivity index (χ2v) is 9.82. The van der Waals surface area contributed by atoms with Gasteiger partial charge in [-0.1, -0.05) is 12.8 Å². The van der Waals surface area contributed by atoms with Crippen molar-refractivity contribution in [3.05, 3.63) is 21.9 Å². The largest absolute Gasteiger partial charge is 0.392 e. The third-order valence-electron chi connectivity index (χ3n) is 6.53. The maximum Gasteiger partial charge on any atom is 0.0672 e. The lowest BCUT2D eigenvalue weighted by molar-refractivity contribution is -0.0329. The van der Waals surface area contributed by atoms with Gasteiger partial charge in [-0.05, 0) is 75.7 Å². The molecule has 1 saturated carbocycles. The molecule has 1 spiro atoms. The van der Waals surface area contributed by atoms with E-state index in [0.717, 1.165) is 25.4 Å². The van der Waals surface area contributed by atoms with E-state index >= 15 is 0 Å². The monoisotopic (exact) mass is 348 g/mol. The van der Waals surface area contributed by atoms with Gasteiger partial charge in [-0.2, -0.15) is 0 Å². The van der Waals surface area contributed by atoms with E-state index in [9.17, 15) is 5.11 Å². The van der Waals surface area contributed by atoms with Crippen molar-refractivity contribution in [3.8, 4) is 0 Å². The van der Waals surface area contributed by atoms with Crippen LogP contribution in [0.2, 0.25) is 0 Å². The summed E-state index contributed by atoms with van der Waals surface area (Å²) in [6.45, 7) is 5.54. The van der Waals surface area contributed by atoms with Crippen LogP contribution in [0.25, 0.3) is 0 Å². The van der Waals surface area contributed by atoms with Crippen LogP contribution in [0.1, 0.15) is 60.6 Å². The lowest BCUT2D eigenvalue weighted by Gasteiger charge is -2.48. The summed E-state index contributed by atoms with van der Waals surface area (Å²) in [5.74, 6) is 0.854. The van der Waals surface area contributed by atoms with Crippen LogP contribution < -0.4 is 0 Å². The Morgan fingerprint density at radius 1 is 1.21 bits per heavy atom. The fraction of sp³-hybridized carbons (Fsp3) is 0.800. The molecule has 1 aromatic heterocycles. The number of hydrogen-bond donors (Lipinski definition) is 1. The Bertz CT molecular complexity index is 532. The van der Waals surface area contributed by atoms with Crippen LogP contribution in [0.4, 0.5) is 0 Å². The average molecular weight is 349 g/mol. The smallest absolute Gasteiger partial charge is 0.0672 e. The molecule has 24 heavy (non-hydrogen) atoms. The predicted octanol–water partition coefficient (Wildman–Crippen LogP) is 3.68. The van der Waals surface area contributed by atoms with Gasteiger partial charge < -0.3 is 10.0 Å². The summed E-state index contributed by atoms with van der Waals surface area (Å²) in [6, 6.07) is 4.77. The van der Waals surface area contributed by atoms with Gasteiger partial charge in [0.05, 0.1) is 6.10 Å². The molecule has 3 aliphatic rings. The predicted molar refractivity (Wildman–Crippen MR) is 101 cm³/mol.